The summed E-state index contributed by atoms with van der Waals surface area (Å²) in [5, 5.41) is 2.99. The lowest BCUT2D eigenvalue weighted by atomic mass is 10.4. The number of fused-ring (bicyclic) bond motifs is 1. The van der Waals surface area contributed by atoms with Crippen LogP contribution in [-0.2, 0) is 0 Å². The maximum atomic E-state index is 4.90. The maximum absolute atomic E-state index is 4.90. The molecule has 0 aliphatic rings. The van der Waals surface area contributed by atoms with Gasteiger partial charge in [0.1, 0.15) is 0 Å². The number of furan rings is 1. The van der Waals surface area contributed by atoms with Gasteiger partial charge in [0.25, 0.3) is 0 Å². The van der Waals surface area contributed by atoms with Crippen molar-refractivity contribution in [1.82, 2.24) is 0 Å². The fraction of sp³-hybridized carbons (Fsp3) is 0. The number of thiophene rings is 1. The molecule has 2 heterocycles. The Labute approximate surface area is 50.5 Å². The van der Waals surface area contributed by atoms with Gasteiger partial charge in [0.2, 0.25) is 0 Å². The van der Waals surface area contributed by atoms with Crippen LogP contribution in [0.1, 0.15) is 0 Å². The number of rotatable bonds is 0. The van der Waals surface area contributed by atoms with Gasteiger partial charge in [-0.3, -0.25) is 0 Å². The Kier molecular flexibility index (Phi) is 0.704. The van der Waals surface area contributed by atoms with E-state index in [4.69, 9.17) is 4.42 Å². The summed E-state index contributed by atoms with van der Waals surface area (Å²) >= 11 is 1.56. The molecule has 0 amide bonds. The molecule has 0 aliphatic heterocycles. The highest BCUT2D eigenvalue weighted by atomic mass is 32.1. The fourth-order valence-corrected chi connectivity index (χ4v) is 1.26. The molecular formula is C6H2OS. The summed E-state index contributed by atoms with van der Waals surface area (Å²) < 4.78 is 4.90. The van der Waals surface area contributed by atoms with Gasteiger partial charge in [-0.05, 0) is 11.4 Å². The average Bonchev–Trinajstić information content (AvgIpc) is 2.15. The van der Waals surface area contributed by atoms with Crippen molar-refractivity contribution in [2.75, 3.05) is 0 Å². The first-order chi connectivity index (χ1) is 3.97. The molecule has 0 spiro atoms. The fourth-order valence-electron chi connectivity index (χ4n) is 0.594. The molecule has 0 atom stereocenters. The van der Waals surface area contributed by atoms with Gasteiger partial charge in [-0.15, -0.1) is 11.3 Å². The quantitative estimate of drug-likeness (QED) is 0.521. The minimum absolute atomic E-state index is 0.907. The normalized spacial score (nSPS) is 10.5. The van der Waals surface area contributed by atoms with Gasteiger partial charge in [0.15, 0.2) is 11.2 Å². The molecule has 0 aromatic carbocycles. The van der Waals surface area contributed by atoms with Crippen molar-refractivity contribution in [3.05, 3.63) is 23.8 Å². The van der Waals surface area contributed by atoms with Gasteiger partial charge in [0.05, 0.1) is 0 Å². The zero-order valence-corrected chi connectivity index (χ0v) is 4.79. The molecule has 38 valence electrons. The Morgan fingerprint density at radius 1 is 1.62 bits per heavy atom. The first-order valence-electron chi connectivity index (χ1n) is 2.22. The third-order valence-electron chi connectivity index (χ3n) is 0.959. The minimum atomic E-state index is 0.907. The van der Waals surface area contributed by atoms with E-state index in [9.17, 15) is 0 Å². The standard InChI is InChI=1S/C6H2OS/c1-3-7-6-5(1)2-4-8-6/h2,4H. The third-order valence-corrected chi connectivity index (χ3v) is 1.75. The minimum Gasteiger partial charge on any atom is -0.441 e. The Morgan fingerprint density at radius 2 is 2.62 bits per heavy atom. The lowest BCUT2D eigenvalue weighted by Crippen LogP contribution is -1.38. The monoisotopic (exact) mass is 122 g/mol. The molecule has 2 aromatic rings. The summed E-state index contributed by atoms with van der Waals surface area (Å²) in [6.45, 7) is 0. The van der Waals surface area contributed by atoms with Gasteiger partial charge in [0, 0.05) is 11.5 Å². The first kappa shape index (κ1) is 4.15. The second kappa shape index (κ2) is 1.36. The van der Waals surface area contributed by atoms with E-state index >= 15 is 0 Å². The molecule has 0 saturated carbocycles. The summed E-state index contributed by atoms with van der Waals surface area (Å²) in [6.07, 6.45) is 2.53. The van der Waals surface area contributed by atoms with Crippen molar-refractivity contribution in [2.24, 2.45) is 0 Å². The molecule has 2 heteroatoms. The van der Waals surface area contributed by atoms with Crippen molar-refractivity contribution in [2.45, 2.75) is 0 Å². The second-order valence-electron chi connectivity index (χ2n) is 1.45. The molecule has 0 fully saturated rings. The van der Waals surface area contributed by atoms with Crippen LogP contribution in [0.3, 0.4) is 0 Å². The van der Waals surface area contributed by atoms with Crippen LogP contribution in [0.15, 0.2) is 15.9 Å². The molecule has 2 aromatic heterocycles. The molecular weight excluding hydrogens is 120 g/mol. The van der Waals surface area contributed by atoms with Crippen LogP contribution in [0.25, 0.3) is 10.3 Å². The molecule has 0 unspecified atom stereocenters. The Hall–Kier alpha value is -0.760. The predicted octanol–water partition coefficient (Wildman–Crippen LogP) is 2.09. The molecule has 1 nitrogen and oxygen atoms in total. The highest BCUT2D eigenvalue weighted by Gasteiger charge is 1.94. The lowest BCUT2D eigenvalue weighted by molar-refractivity contribution is 0.613. The molecule has 8 heavy (non-hydrogen) atoms. The van der Waals surface area contributed by atoms with Gasteiger partial charge >= 0.3 is 0 Å². The molecule has 0 saturated heterocycles. The third kappa shape index (κ3) is 0.406. The van der Waals surface area contributed by atoms with Gasteiger partial charge < -0.3 is 4.42 Å². The van der Waals surface area contributed by atoms with E-state index in [2.05, 4.69) is 12.3 Å². The van der Waals surface area contributed by atoms with Crippen LogP contribution in [0.4, 0.5) is 0 Å². The smallest absolute Gasteiger partial charge is 0.189 e. The van der Waals surface area contributed by atoms with E-state index in [0.29, 0.717) is 0 Å². The number of hydrogen-bond donors (Lipinski definition) is 0. The van der Waals surface area contributed by atoms with Crippen molar-refractivity contribution < 1.29 is 4.42 Å². The van der Waals surface area contributed by atoms with Gasteiger partial charge in [-0.1, -0.05) is 0 Å². The summed E-state index contributed by atoms with van der Waals surface area (Å²) in [4.78, 5) is 0.907. The SMILES string of the molecule is [c]1[c]c2ccsc2o1. The van der Waals surface area contributed by atoms with Crippen LogP contribution >= 0.6 is 11.3 Å². The van der Waals surface area contributed by atoms with Gasteiger partial charge in [-0.25, -0.2) is 0 Å². The van der Waals surface area contributed by atoms with E-state index < -0.39 is 0 Å². The van der Waals surface area contributed by atoms with Crippen molar-refractivity contribution in [3.63, 3.8) is 0 Å². The van der Waals surface area contributed by atoms with Crippen LogP contribution in [0, 0.1) is 12.3 Å². The zero-order valence-electron chi connectivity index (χ0n) is 3.97. The molecule has 2 rings (SSSR count). The van der Waals surface area contributed by atoms with Crippen molar-refractivity contribution in [1.29, 1.82) is 0 Å². The summed E-state index contributed by atoms with van der Waals surface area (Å²) in [6, 6.07) is 4.78. The number of hydrogen-bond acceptors (Lipinski definition) is 2. The van der Waals surface area contributed by atoms with E-state index in [-0.39, 0.29) is 0 Å². The van der Waals surface area contributed by atoms with E-state index in [1.807, 2.05) is 11.4 Å². The van der Waals surface area contributed by atoms with Gasteiger partial charge in [-0.2, -0.15) is 0 Å². The van der Waals surface area contributed by atoms with Crippen LogP contribution in [-0.4, -0.2) is 0 Å². The van der Waals surface area contributed by atoms with Crippen molar-refractivity contribution in [3.8, 4) is 0 Å². The summed E-state index contributed by atoms with van der Waals surface area (Å²) in [5.74, 6) is 0. The highest BCUT2D eigenvalue weighted by Crippen LogP contribution is 2.19. The molecule has 0 bridgehead atoms. The Balaban J connectivity index is 3.06. The highest BCUT2D eigenvalue weighted by molar-refractivity contribution is 7.16. The molecule has 2 radical (unpaired) electrons. The van der Waals surface area contributed by atoms with E-state index in [1.54, 1.807) is 11.3 Å². The van der Waals surface area contributed by atoms with E-state index in [1.165, 1.54) is 0 Å². The Bertz CT molecular complexity index is 230. The topological polar surface area (TPSA) is 13.1 Å². The molecule has 0 N–H and O–H groups in total. The zero-order chi connectivity index (χ0) is 5.40. The van der Waals surface area contributed by atoms with Crippen LogP contribution in [0.5, 0.6) is 0 Å². The average molecular weight is 122 g/mol. The predicted molar refractivity (Wildman–Crippen MR) is 31.8 cm³/mol. The van der Waals surface area contributed by atoms with Crippen molar-refractivity contribution >= 4 is 21.6 Å². The van der Waals surface area contributed by atoms with E-state index in [0.717, 1.165) is 10.3 Å². The van der Waals surface area contributed by atoms with Crippen LogP contribution in [0.2, 0.25) is 0 Å². The maximum Gasteiger partial charge on any atom is 0.189 e. The molecule has 0 aliphatic carbocycles. The van der Waals surface area contributed by atoms with Crippen LogP contribution < -0.4 is 0 Å². The Morgan fingerprint density at radius 3 is 3.50 bits per heavy atom. The summed E-state index contributed by atoms with van der Waals surface area (Å²) in [7, 11) is 0. The first-order valence-corrected chi connectivity index (χ1v) is 3.10. The summed E-state index contributed by atoms with van der Waals surface area (Å²) in [5.41, 5.74) is 0. The second-order valence-corrected chi connectivity index (χ2v) is 2.33. The largest absolute Gasteiger partial charge is 0.441 e. The lowest BCUT2D eigenvalue weighted by Gasteiger charge is -1.64.